The van der Waals surface area contributed by atoms with Crippen LogP contribution in [0.5, 0.6) is 0 Å². The van der Waals surface area contributed by atoms with Gasteiger partial charge in [-0.3, -0.25) is 9.59 Å². The second-order valence-electron chi connectivity index (χ2n) is 17.0. The highest BCUT2D eigenvalue weighted by molar-refractivity contribution is 5.70. The maximum Gasteiger partial charge on any atom is 0.306 e. The Morgan fingerprint density at radius 2 is 0.905 bits per heavy atom. The van der Waals surface area contributed by atoms with E-state index in [-0.39, 0.29) is 38.6 Å². The summed E-state index contributed by atoms with van der Waals surface area (Å²) in [4.78, 5) is 37.0. The lowest BCUT2D eigenvalue weighted by molar-refractivity contribution is -0.870. The summed E-state index contributed by atoms with van der Waals surface area (Å²) in [7, 11) is 5.88. The minimum absolute atomic E-state index is 0.135. The smallest absolute Gasteiger partial charge is 0.306 e. The van der Waals surface area contributed by atoms with E-state index < -0.39 is 24.3 Å². The molecule has 0 aliphatic rings. The van der Waals surface area contributed by atoms with Crippen molar-refractivity contribution in [3.63, 3.8) is 0 Å². The van der Waals surface area contributed by atoms with Gasteiger partial charge >= 0.3 is 11.9 Å². The number of quaternary nitrogens is 1. The highest BCUT2D eigenvalue weighted by Gasteiger charge is 2.21. The van der Waals surface area contributed by atoms with Crippen LogP contribution >= 0.6 is 0 Å². The second-order valence-corrected chi connectivity index (χ2v) is 17.0. The molecule has 0 fully saturated rings. The Bertz CT molecular complexity index is 1350. The van der Waals surface area contributed by atoms with Crippen molar-refractivity contribution >= 4 is 17.9 Å². The number of ether oxygens (including phenoxy) is 4. The van der Waals surface area contributed by atoms with Crippen LogP contribution in [0.2, 0.25) is 0 Å². The van der Waals surface area contributed by atoms with Gasteiger partial charge < -0.3 is 33.3 Å². The van der Waals surface area contributed by atoms with Gasteiger partial charge in [0, 0.05) is 12.8 Å². The van der Waals surface area contributed by atoms with E-state index in [2.05, 4.69) is 111 Å². The van der Waals surface area contributed by atoms with Gasteiger partial charge in [0.1, 0.15) is 13.2 Å². The third kappa shape index (κ3) is 46.0. The molecule has 0 radical (unpaired) electrons. The van der Waals surface area contributed by atoms with Crippen molar-refractivity contribution in [2.24, 2.45) is 0 Å². The Kier molecular flexibility index (Phi) is 42.1. The molecule has 9 heteroatoms. The number of rotatable bonds is 43. The number of carboxylic acid groups (broad SMARTS) is 1. The van der Waals surface area contributed by atoms with Crippen LogP contribution in [0.4, 0.5) is 0 Å². The summed E-state index contributed by atoms with van der Waals surface area (Å²) in [5.41, 5.74) is 0. The Balaban J connectivity index is 4.44. The molecular formula is C54H89NO8. The maximum atomic E-state index is 12.8. The molecule has 0 bridgehead atoms. The van der Waals surface area contributed by atoms with Crippen LogP contribution in [0.25, 0.3) is 0 Å². The molecule has 9 nitrogen and oxygen atoms in total. The molecule has 2 atom stereocenters. The summed E-state index contributed by atoms with van der Waals surface area (Å²) < 4.78 is 22.5. The minimum atomic E-state index is -1.64. The molecule has 0 aromatic heterocycles. The van der Waals surface area contributed by atoms with Crippen LogP contribution in [0.1, 0.15) is 168 Å². The summed E-state index contributed by atoms with van der Waals surface area (Å²) in [5, 5.41) is 11.7. The molecule has 0 rings (SSSR count). The van der Waals surface area contributed by atoms with Crippen molar-refractivity contribution < 1.29 is 42.9 Å². The van der Waals surface area contributed by atoms with E-state index in [1.165, 1.54) is 51.4 Å². The van der Waals surface area contributed by atoms with Crippen molar-refractivity contribution in [1.29, 1.82) is 0 Å². The average Bonchev–Trinajstić information content (AvgIpc) is 3.24. The predicted molar refractivity (Wildman–Crippen MR) is 260 cm³/mol. The highest BCUT2D eigenvalue weighted by Crippen LogP contribution is 2.13. The Hall–Kier alpha value is -3.79. The number of allylic oxidation sites excluding steroid dienone is 16. The number of likely N-dealkylation sites (N-methyl/N-ethyl adjacent to an activating group) is 1. The van der Waals surface area contributed by atoms with Crippen molar-refractivity contribution in [2.75, 3.05) is 47.5 Å². The van der Waals surface area contributed by atoms with Gasteiger partial charge in [-0.1, -0.05) is 175 Å². The first-order valence-electron chi connectivity index (χ1n) is 24.4. The highest BCUT2D eigenvalue weighted by atomic mass is 16.7. The number of esters is 2. The number of carbonyl (C=O) groups excluding carboxylic acids is 3. The van der Waals surface area contributed by atoms with Gasteiger partial charge in [0.15, 0.2) is 12.4 Å². The fourth-order valence-corrected chi connectivity index (χ4v) is 6.08. The second kappa shape index (κ2) is 44.8. The number of carbonyl (C=O) groups is 3. The Morgan fingerprint density at radius 3 is 1.35 bits per heavy atom. The van der Waals surface area contributed by atoms with Gasteiger partial charge in [-0.15, -0.1) is 0 Å². The van der Waals surface area contributed by atoms with Gasteiger partial charge in [-0.05, 0) is 77.0 Å². The van der Waals surface area contributed by atoms with Crippen LogP contribution in [0.15, 0.2) is 97.2 Å². The third-order valence-corrected chi connectivity index (χ3v) is 9.85. The molecule has 0 aliphatic heterocycles. The molecule has 0 aliphatic carbocycles. The number of unbranched alkanes of at least 4 members (excludes halogenated alkanes) is 12. The quantitative estimate of drug-likeness (QED) is 0.0196. The first-order valence-corrected chi connectivity index (χ1v) is 24.4. The van der Waals surface area contributed by atoms with Crippen LogP contribution in [0.3, 0.4) is 0 Å². The molecule has 2 unspecified atom stereocenters. The molecule has 0 heterocycles. The fraction of sp³-hybridized carbons (Fsp3) is 0.648. The van der Waals surface area contributed by atoms with Crippen LogP contribution in [0, 0.1) is 0 Å². The monoisotopic (exact) mass is 880 g/mol. The van der Waals surface area contributed by atoms with E-state index in [1.807, 2.05) is 21.1 Å². The van der Waals surface area contributed by atoms with Gasteiger partial charge in [-0.25, -0.2) is 0 Å². The summed E-state index contributed by atoms with van der Waals surface area (Å²) >= 11 is 0. The van der Waals surface area contributed by atoms with E-state index in [0.29, 0.717) is 17.4 Å². The SMILES string of the molecule is CC/C=C\C/C=C\C/C=C\C/C=C\C/C=C\C/C=C\C/C=C\C/C=C\CCCCC(=O)OC(COC(=O)CCCCCCCCCCCCC)COC(OCC[N+](C)(C)C)C(=O)[O-]. The summed E-state index contributed by atoms with van der Waals surface area (Å²) in [5.74, 6) is -2.36. The zero-order valence-corrected chi connectivity index (χ0v) is 40.4. The van der Waals surface area contributed by atoms with Crippen molar-refractivity contribution in [3.8, 4) is 0 Å². The molecule has 0 spiro atoms. The van der Waals surface area contributed by atoms with Gasteiger partial charge in [0.2, 0.25) is 0 Å². The topological polar surface area (TPSA) is 111 Å². The third-order valence-electron chi connectivity index (χ3n) is 9.85. The van der Waals surface area contributed by atoms with E-state index in [0.717, 1.165) is 83.5 Å². The molecule has 358 valence electrons. The minimum Gasteiger partial charge on any atom is -0.545 e. The van der Waals surface area contributed by atoms with E-state index >= 15 is 0 Å². The van der Waals surface area contributed by atoms with Crippen LogP contribution in [-0.4, -0.2) is 82.3 Å². The Labute approximate surface area is 384 Å². The standard InChI is InChI=1S/C54H89NO8/c1-6-8-10-12-14-16-18-19-20-21-22-23-24-25-26-27-28-29-30-31-32-33-35-37-39-41-43-45-52(57)63-50(49-62-54(53(58)59)60-47-46-55(3,4)5)48-61-51(56)44-42-40-38-36-34-17-15-13-11-9-7-2/h8,10,14,16,19-20,22-23,25-26,28-29,31-32,35,37,50,54H,6-7,9,11-13,15,17-18,21,24,27,30,33-34,36,38-49H2,1-5H3/b10-8-,16-14-,20-19-,23-22-,26-25-,29-28-,32-31-,37-35-. The first kappa shape index (κ1) is 59.2. The number of hydrogen-bond donors (Lipinski definition) is 0. The molecule has 0 N–H and O–H groups in total. The average molecular weight is 880 g/mol. The number of nitrogens with zero attached hydrogens (tertiary/aromatic N) is 1. The summed E-state index contributed by atoms with van der Waals surface area (Å²) in [6, 6.07) is 0. The van der Waals surface area contributed by atoms with E-state index in [1.54, 1.807) is 0 Å². The fourth-order valence-electron chi connectivity index (χ4n) is 6.08. The lowest BCUT2D eigenvalue weighted by Crippen LogP contribution is -2.44. The zero-order valence-electron chi connectivity index (χ0n) is 40.4. The molecule has 0 amide bonds. The van der Waals surface area contributed by atoms with Crippen LogP contribution < -0.4 is 5.11 Å². The van der Waals surface area contributed by atoms with Gasteiger partial charge in [-0.2, -0.15) is 0 Å². The largest absolute Gasteiger partial charge is 0.545 e. The molecule has 63 heavy (non-hydrogen) atoms. The molecule has 0 aromatic rings. The lowest BCUT2D eigenvalue weighted by Gasteiger charge is -2.26. The number of carboxylic acids is 1. The molecule has 0 aromatic carbocycles. The van der Waals surface area contributed by atoms with Crippen molar-refractivity contribution in [2.45, 2.75) is 180 Å². The molecular weight excluding hydrogens is 791 g/mol. The Morgan fingerprint density at radius 1 is 0.492 bits per heavy atom. The predicted octanol–water partition coefficient (Wildman–Crippen LogP) is 12.1. The van der Waals surface area contributed by atoms with Gasteiger partial charge in [0.05, 0.1) is 40.3 Å². The summed E-state index contributed by atoms with van der Waals surface area (Å²) in [6.07, 6.45) is 55.9. The zero-order chi connectivity index (χ0) is 46.3. The number of aliphatic carboxylic acids is 1. The van der Waals surface area contributed by atoms with E-state index in [9.17, 15) is 19.5 Å². The number of hydrogen-bond acceptors (Lipinski definition) is 8. The van der Waals surface area contributed by atoms with Crippen molar-refractivity contribution in [1.82, 2.24) is 0 Å². The molecule has 0 saturated carbocycles. The van der Waals surface area contributed by atoms with Crippen LogP contribution in [-0.2, 0) is 33.3 Å². The molecule has 0 saturated heterocycles. The first-order chi connectivity index (χ1) is 30.6. The van der Waals surface area contributed by atoms with Crippen molar-refractivity contribution in [3.05, 3.63) is 97.2 Å². The summed E-state index contributed by atoms with van der Waals surface area (Å²) in [6.45, 7) is 4.54. The van der Waals surface area contributed by atoms with E-state index in [4.69, 9.17) is 18.9 Å². The maximum absolute atomic E-state index is 12.8. The normalized spacial score (nSPS) is 13.7. The lowest BCUT2D eigenvalue weighted by atomic mass is 10.1. The van der Waals surface area contributed by atoms with Gasteiger partial charge in [0.25, 0.3) is 0 Å².